The van der Waals surface area contributed by atoms with Crippen LogP contribution in [0.3, 0.4) is 0 Å². The van der Waals surface area contributed by atoms with Crippen molar-refractivity contribution in [3.8, 4) is 5.82 Å². The standard InChI is InChI=1S/C16H21N5/c1-2-15(21-8-6-18-13-21)19-9-14(1)10-20-7-4-16(12-20)3-5-17-11-16/h1-2,6,8-9,13,17H,3-5,7,10-12H2. The lowest BCUT2D eigenvalue weighted by Gasteiger charge is -2.22. The fourth-order valence-corrected chi connectivity index (χ4v) is 3.62. The van der Waals surface area contributed by atoms with E-state index in [-0.39, 0.29) is 0 Å². The van der Waals surface area contributed by atoms with E-state index < -0.39 is 0 Å². The number of nitrogens with one attached hydrogen (secondary N) is 1. The van der Waals surface area contributed by atoms with Gasteiger partial charge >= 0.3 is 0 Å². The first kappa shape index (κ1) is 13.0. The van der Waals surface area contributed by atoms with Gasteiger partial charge in [-0.15, -0.1) is 0 Å². The lowest BCUT2D eigenvalue weighted by atomic mass is 9.87. The van der Waals surface area contributed by atoms with Crippen molar-refractivity contribution in [2.45, 2.75) is 19.4 Å². The zero-order valence-corrected chi connectivity index (χ0v) is 12.2. The third-order valence-electron chi connectivity index (χ3n) is 4.83. The van der Waals surface area contributed by atoms with Crippen LogP contribution < -0.4 is 5.32 Å². The van der Waals surface area contributed by atoms with Gasteiger partial charge in [0, 0.05) is 38.2 Å². The van der Waals surface area contributed by atoms with Crippen molar-refractivity contribution in [3.63, 3.8) is 0 Å². The summed E-state index contributed by atoms with van der Waals surface area (Å²) in [5, 5.41) is 3.51. The molecule has 0 saturated carbocycles. The van der Waals surface area contributed by atoms with Crippen molar-refractivity contribution in [3.05, 3.63) is 42.6 Å². The molecular weight excluding hydrogens is 262 g/mol. The van der Waals surface area contributed by atoms with E-state index in [2.05, 4.69) is 32.3 Å². The Labute approximate surface area is 125 Å². The van der Waals surface area contributed by atoms with E-state index in [1.54, 1.807) is 12.5 Å². The molecule has 2 aromatic heterocycles. The number of pyridine rings is 1. The molecule has 2 aromatic rings. The zero-order valence-electron chi connectivity index (χ0n) is 12.2. The van der Waals surface area contributed by atoms with Gasteiger partial charge < -0.3 is 5.32 Å². The molecule has 1 N–H and O–H groups in total. The summed E-state index contributed by atoms with van der Waals surface area (Å²) in [6.07, 6.45) is 10.1. The molecule has 5 nitrogen and oxygen atoms in total. The van der Waals surface area contributed by atoms with Crippen molar-refractivity contribution in [2.75, 3.05) is 26.2 Å². The highest BCUT2D eigenvalue weighted by Crippen LogP contribution is 2.36. The van der Waals surface area contributed by atoms with Crippen molar-refractivity contribution in [2.24, 2.45) is 5.41 Å². The van der Waals surface area contributed by atoms with Crippen LogP contribution in [0.15, 0.2) is 37.1 Å². The molecule has 2 aliphatic rings. The van der Waals surface area contributed by atoms with E-state index in [0.29, 0.717) is 5.41 Å². The Morgan fingerprint density at radius 1 is 1.29 bits per heavy atom. The minimum absolute atomic E-state index is 0.546. The third kappa shape index (κ3) is 2.59. The SMILES string of the molecule is c1cn(-c2ccc(CN3CCC4(CCNC4)C3)cn2)cn1. The maximum atomic E-state index is 4.54. The highest BCUT2D eigenvalue weighted by Gasteiger charge is 2.39. The molecule has 4 heterocycles. The van der Waals surface area contributed by atoms with E-state index in [0.717, 1.165) is 12.4 Å². The second-order valence-electron chi connectivity index (χ2n) is 6.38. The molecule has 0 aliphatic carbocycles. The van der Waals surface area contributed by atoms with E-state index in [1.807, 2.05) is 17.0 Å². The van der Waals surface area contributed by atoms with Crippen molar-refractivity contribution >= 4 is 0 Å². The Bertz CT molecular complexity index is 584. The maximum absolute atomic E-state index is 4.54. The van der Waals surface area contributed by atoms with Crippen LogP contribution in [0.25, 0.3) is 5.82 Å². The second-order valence-corrected chi connectivity index (χ2v) is 6.38. The first-order chi connectivity index (χ1) is 10.3. The molecule has 2 fully saturated rings. The van der Waals surface area contributed by atoms with Crippen LogP contribution in [0.2, 0.25) is 0 Å². The van der Waals surface area contributed by atoms with E-state index in [1.165, 1.54) is 44.6 Å². The van der Waals surface area contributed by atoms with Gasteiger partial charge in [0.15, 0.2) is 0 Å². The molecule has 0 amide bonds. The average Bonchev–Trinajstić information content (AvgIpc) is 3.25. The van der Waals surface area contributed by atoms with Gasteiger partial charge in [0.2, 0.25) is 0 Å². The molecule has 2 aliphatic heterocycles. The fourth-order valence-electron chi connectivity index (χ4n) is 3.62. The van der Waals surface area contributed by atoms with Gasteiger partial charge in [0.05, 0.1) is 0 Å². The monoisotopic (exact) mass is 283 g/mol. The van der Waals surface area contributed by atoms with Crippen LogP contribution in [0, 0.1) is 5.41 Å². The summed E-state index contributed by atoms with van der Waals surface area (Å²) in [5.74, 6) is 0.925. The number of imidazole rings is 1. The molecule has 21 heavy (non-hydrogen) atoms. The smallest absolute Gasteiger partial charge is 0.137 e. The van der Waals surface area contributed by atoms with Crippen LogP contribution in [0.1, 0.15) is 18.4 Å². The molecule has 110 valence electrons. The Morgan fingerprint density at radius 2 is 2.29 bits per heavy atom. The number of hydrogen-bond donors (Lipinski definition) is 1. The lowest BCUT2D eigenvalue weighted by Crippen LogP contribution is -2.28. The Kier molecular flexibility index (Phi) is 3.24. The molecule has 1 atom stereocenters. The summed E-state index contributed by atoms with van der Waals surface area (Å²) >= 11 is 0. The van der Waals surface area contributed by atoms with E-state index >= 15 is 0 Å². The Morgan fingerprint density at radius 3 is 3.00 bits per heavy atom. The summed E-state index contributed by atoms with van der Waals surface area (Å²) in [5.41, 5.74) is 1.84. The number of aromatic nitrogens is 3. The summed E-state index contributed by atoms with van der Waals surface area (Å²) in [7, 11) is 0. The van der Waals surface area contributed by atoms with Crippen molar-refractivity contribution < 1.29 is 0 Å². The molecule has 2 saturated heterocycles. The molecule has 1 unspecified atom stereocenters. The maximum Gasteiger partial charge on any atom is 0.137 e. The predicted molar refractivity (Wildman–Crippen MR) is 81.2 cm³/mol. The van der Waals surface area contributed by atoms with Gasteiger partial charge in [-0.2, -0.15) is 0 Å². The van der Waals surface area contributed by atoms with Crippen LogP contribution in [0.5, 0.6) is 0 Å². The molecule has 0 radical (unpaired) electrons. The summed E-state index contributed by atoms with van der Waals surface area (Å²) in [6, 6.07) is 4.25. The average molecular weight is 283 g/mol. The number of likely N-dealkylation sites (tertiary alicyclic amines) is 1. The van der Waals surface area contributed by atoms with Crippen LogP contribution in [0.4, 0.5) is 0 Å². The van der Waals surface area contributed by atoms with Gasteiger partial charge in [-0.05, 0) is 43.0 Å². The van der Waals surface area contributed by atoms with E-state index in [9.17, 15) is 0 Å². The molecule has 4 rings (SSSR count). The molecule has 1 spiro atoms. The molecule has 5 heteroatoms. The second kappa shape index (κ2) is 5.24. The van der Waals surface area contributed by atoms with Gasteiger partial charge in [-0.1, -0.05) is 6.07 Å². The first-order valence-electron chi connectivity index (χ1n) is 7.69. The lowest BCUT2D eigenvalue weighted by molar-refractivity contribution is 0.268. The third-order valence-corrected chi connectivity index (χ3v) is 4.83. The summed E-state index contributed by atoms with van der Waals surface area (Å²) in [6.45, 7) is 5.84. The fraction of sp³-hybridized carbons (Fsp3) is 0.500. The topological polar surface area (TPSA) is 46.0 Å². The minimum atomic E-state index is 0.546. The molecule has 0 bridgehead atoms. The Hall–Kier alpha value is -1.72. The van der Waals surface area contributed by atoms with Crippen molar-refractivity contribution in [1.29, 1.82) is 0 Å². The minimum Gasteiger partial charge on any atom is -0.316 e. The summed E-state index contributed by atoms with van der Waals surface area (Å²) in [4.78, 5) is 11.2. The zero-order chi connectivity index (χ0) is 14.1. The number of hydrogen-bond acceptors (Lipinski definition) is 4. The molecule has 0 aromatic carbocycles. The first-order valence-corrected chi connectivity index (χ1v) is 7.69. The van der Waals surface area contributed by atoms with Gasteiger partial charge in [-0.25, -0.2) is 9.97 Å². The van der Waals surface area contributed by atoms with Gasteiger partial charge in [0.1, 0.15) is 12.1 Å². The summed E-state index contributed by atoms with van der Waals surface area (Å²) < 4.78 is 1.93. The number of nitrogens with zero attached hydrogens (tertiary/aromatic N) is 4. The van der Waals surface area contributed by atoms with Gasteiger partial charge in [-0.3, -0.25) is 9.47 Å². The van der Waals surface area contributed by atoms with Gasteiger partial charge in [0.25, 0.3) is 0 Å². The van der Waals surface area contributed by atoms with Crippen molar-refractivity contribution in [1.82, 2.24) is 24.8 Å². The predicted octanol–water partition coefficient (Wildman–Crippen LogP) is 1.45. The van der Waals surface area contributed by atoms with Crippen LogP contribution >= 0.6 is 0 Å². The highest BCUT2D eigenvalue weighted by molar-refractivity contribution is 5.25. The molecular formula is C16H21N5. The van der Waals surface area contributed by atoms with Crippen LogP contribution in [-0.4, -0.2) is 45.6 Å². The number of rotatable bonds is 3. The Balaban J connectivity index is 1.41. The van der Waals surface area contributed by atoms with E-state index in [4.69, 9.17) is 0 Å². The normalized spacial score (nSPS) is 25.9. The highest BCUT2D eigenvalue weighted by atomic mass is 15.2. The quantitative estimate of drug-likeness (QED) is 0.926. The van der Waals surface area contributed by atoms with Crippen LogP contribution in [-0.2, 0) is 6.54 Å². The largest absolute Gasteiger partial charge is 0.316 e.